The molecule has 1 aliphatic heterocycles. The lowest BCUT2D eigenvalue weighted by atomic mass is 10.1. The smallest absolute Gasteiger partial charge is 0.236 e. The Labute approximate surface area is 220 Å². The van der Waals surface area contributed by atoms with E-state index in [0.717, 1.165) is 32.0 Å². The van der Waals surface area contributed by atoms with Crippen LogP contribution in [0, 0.1) is 5.82 Å². The van der Waals surface area contributed by atoms with E-state index in [4.69, 9.17) is 4.74 Å². The third kappa shape index (κ3) is 6.61. The summed E-state index contributed by atoms with van der Waals surface area (Å²) in [7, 11) is -3.73. The van der Waals surface area contributed by atoms with E-state index in [1.165, 1.54) is 18.3 Å². The van der Waals surface area contributed by atoms with Gasteiger partial charge in [0.25, 0.3) is 0 Å². The molecule has 11 heteroatoms. The number of anilines is 2. The summed E-state index contributed by atoms with van der Waals surface area (Å²) in [4.78, 5) is 13.2. The predicted octanol–water partition coefficient (Wildman–Crippen LogP) is 4.58. The first kappa shape index (κ1) is 25.6. The molecule has 0 bridgehead atoms. The van der Waals surface area contributed by atoms with E-state index < -0.39 is 15.8 Å². The average Bonchev–Trinajstić information content (AvgIpc) is 2.91. The van der Waals surface area contributed by atoms with Crippen LogP contribution in [-0.2, 0) is 15.8 Å². The summed E-state index contributed by atoms with van der Waals surface area (Å²) in [6.45, 7) is 1.85. The number of nitrogens with zero attached hydrogens (tertiary/aromatic N) is 3. The van der Waals surface area contributed by atoms with Crippen LogP contribution in [0.25, 0.3) is 11.3 Å². The van der Waals surface area contributed by atoms with Gasteiger partial charge < -0.3 is 15.4 Å². The summed E-state index contributed by atoms with van der Waals surface area (Å²) in [5, 5.41) is 6.70. The van der Waals surface area contributed by atoms with Crippen molar-refractivity contribution in [1.29, 1.82) is 0 Å². The maximum atomic E-state index is 15.0. The molecule has 0 aliphatic carbocycles. The van der Waals surface area contributed by atoms with Crippen LogP contribution in [0.4, 0.5) is 16.0 Å². The fourth-order valence-electron chi connectivity index (χ4n) is 4.16. The molecular formula is C27H27FN6O3S. The lowest BCUT2D eigenvalue weighted by Crippen LogP contribution is -2.38. The van der Waals surface area contributed by atoms with E-state index in [9.17, 15) is 12.8 Å². The molecule has 0 unspecified atom stereocenters. The van der Waals surface area contributed by atoms with E-state index in [1.807, 2.05) is 0 Å². The molecular weight excluding hydrogens is 507 g/mol. The molecule has 1 saturated heterocycles. The number of sulfonamides is 1. The van der Waals surface area contributed by atoms with Crippen molar-refractivity contribution in [2.75, 3.05) is 23.1 Å². The summed E-state index contributed by atoms with van der Waals surface area (Å²) in [6, 6.07) is 18.1. The van der Waals surface area contributed by atoms with Gasteiger partial charge in [0.2, 0.25) is 21.9 Å². The van der Waals surface area contributed by atoms with Gasteiger partial charge in [-0.25, -0.2) is 27.8 Å². The molecule has 0 spiro atoms. The molecule has 5 rings (SSSR count). The van der Waals surface area contributed by atoms with Gasteiger partial charge in [0.15, 0.2) is 11.6 Å². The molecule has 0 amide bonds. The highest BCUT2D eigenvalue weighted by atomic mass is 32.2. The number of ether oxygens (including phenoxy) is 1. The maximum Gasteiger partial charge on any atom is 0.236 e. The molecule has 3 N–H and O–H groups in total. The van der Waals surface area contributed by atoms with Crippen LogP contribution in [0.1, 0.15) is 18.4 Å². The topological polar surface area (TPSA) is 118 Å². The summed E-state index contributed by atoms with van der Waals surface area (Å²) in [5.74, 6) is -0.414. The van der Waals surface area contributed by atoms with Crippen LogP contribution < -0.4 is 20.1 Å². The third-order valence-electron chi connectivity index (χ3n) is 5.94. The number of nitrogens with one attached hydrogen (secondary N) is 3. The van der Waals surface area contributed by atoms with E-state index in [0.29, 0.717) is 22.8 Å². The van der Waals surface area contributed by atoms with Crippen molar-refractivity contribution < 1.29 is 17.5 Å². The fourth-order valence-corrected chi connectivity index (χ4v) is 5.35. The minimum Gasteiger partial charge on any atom is -0.435 e. The van der Waals surface area contributed by atoms with Crippen LogP contribution >= 0.6 is 0 Å². The van der Waals surface area contributed by atoms with Crippen LogP contribution in [0.5, 0.6) is 11.6 Å². The second kappa shape index (κ2) is 11.5. The standard InChI is InChI=1S/C27H27FN6O3S/c28-23-16-20(34-38(35,36)18-19-6-2-1-3-7-19)10-11-25(23)37-26-22(9-5-14-30-26)24-12-15-31-27(33-24)32-21-8-4-13-29-17-21/h1-3,5-7,9-12,14-16,21,29,34H,4,8,13,17-18H2,(H,31,32,33)/t21-/m0/s1. The van der Waals surface area contributed by atoms with Gasteiger partial charge in [-0.15, -0.1) is 0 Å². The van der Waals surface area contributed by atoms with Crippen molar-refractivity contribution in [3.05, 3.63) is 90.5 Å². The first-order chi connectivity index (χ1) is 18.4. The van der Waals surface area contributed by atoms with E-state index >= 15 is 0 Å². The molecule has 1 aliphatic rings. The molecule has 38 heavy (non-hydrogen) atoms. The van der Waals surface area contributed by atoms with Gasteiger partial charge in [-0.2, -0.15) is 0 Å². The Kier molecular flexibility index (Phi) is 7.75. The van der Waals surface area contributed by atoms with Crippen LogP contribution in [-0.4, -0.2) is 42.5 Å². The molecule has 9 nitrogen and oxygen atoms in total. The van der Waals surface area contributed by atoms with Crippen LogP contribution in [0.15, 0.2) is 79.1 Å². The molecule has 196 valence electrons. The third-order valence-corrected chi connectivity index (χ3v) is 7.20. The Morgan fingerprint density at radius 1 is 1.03 bits per heavy atom. The van der Waals surface area contributed by atoms with Crippen LogP contribution in [0.3, 0.4) is 0 Å². The zero-order valence-corrected chi connectivity index (χ0v) is 21.3. The quantitative estimate of drug-likeness (QED) is 0.286. The van der Waals surface area contributed by atoms with Gasteiger partial charge in [0.05, 0.1) is 22.7 Å². The second-order valence-corrected chi connectivity index (χ2v) is 10.6. The second-order valence-electron chi connectivity index (χ2n) is 8.90. The van der Waals surface area contributed by atoms with Crippen LogP contribution in [0.2, 0.25) is 0 Å². The summed E-state index contributed by atoms with van der Waals surface area (Å²) >= 11 is 0. The minimum atomic E-state index is -3.73. The number of aromatic nitrogens is 3. The van der Waals surface area contributed by atoms with Crippen molar-refractivity contribution in [3.8, 4) is 22.9 Å². The van der Waals surface area contributed by atoms with Crippen molar-refractivity contribution in [3.63, 3.8) is 0 Å². The lowest BCUT2D eigenvalue weighted by molar-refractivity contribution is 0.429. The molecule has 1 fully saturated rings. The number of hydrogen-bond acceptors (Lipinski definition) is 8. The Bertz CT molecular complexity index is 1500. The first-order valence-corrected chi connectivity index (χ1v) is 13.9. The number of hydrogen-bond donors (Lipinski definition) is 3. The van der Waals surface area contributed by atoms with Gasteiger partial charge in [-0.1, -0.05) is 30.3 Å². The number of rotatable bonds is 9. The molecule has 2 aromatic carbocycles. The van der Waals surface area contributed by atoms with Crippen molar-refractivity contribution in [2.24, 2.45) is 0 Å². The number of halogens is 1. The Hall–Kier alpha value is -4.09. The van der Waals surface area contributed by atoms with Gasteiger partial charge in [0, 0.05) is 31.0 Å². The predicted molar refractivity (Wildman–Crippen MR) is 144 cm³/mol. The number of pyridine rings is 1. The highest BCUT2D eigenvalue weighted by Crippen LogP contribution is 2.33. The van der Waals surface area contributed by atoms with Gasteiger partial charge in [-0.05, 0) is 55.3 Å². The fraction of sp³-hybridized carbons (Fsp3) is 0.222. The zero-order chi connectivity index (χ0) is 26.4. The maximum absolute atomic E-state index is 15.0. The van der Waals surface area contributed by atoms with E-state index in [2.05, 4.69) is 30.3 Å². The number of piperidine rings is 1. The van der Waals surface area contributed by atoms with E-state index in [1.54, 1.807) is 54.7 Å². The van der Waals surface area contributed by atoms with Gasteiger partial charge in [0.1, 0.15) is 0 Å². The highest BCUT2D eigenvalue weighted by Gasteiger charge is 2.18. The largest absolute Gasteiger partial charge is 0.435 e. The Balaban J connectivity index is 1.31. The van der Waals surface area contributed by atoms with Crippen molar-refractivity contribution in [1.82, 2.24) is 20.3 Å². The molecule has 4 aromatic rings. The van der Waals surface area contributed by atoms with Crippen molar-refractivity contribution in [2.45, 2.75) is 24.6 Å². The summed E-state index contributed by atoms with van der Waals surface area (Å²) < 4.78 is 48.2. The molecule has 0 saturated carbocycles. The SMILES string of the molecule is O=S(=O)(Cc1ccccc1)Nc1ccc(Oc2ncccc2-c2ccnc(N[C@H]3CCCNC3)n2)c(F)c1. The molecule has 1 atom stereocenters. The number of benzene rings is 2. The highest BCUT2D eigenvalue weighted by molar-refractivity contribution is 7.91. The molecule has 0 radical (unpaired) electrons. The lowest BCUT2D eigenvalue weighted by Gasteiger charge is -2.23. The van der Waals surface area contributed by atoms with Gasteiger partial charge >= 0.3 is 0 Å². The monoisotopic (exact) mass is 534 g/mol. The average molecular weight is 535 g/mol. The molecule has 2 aromatic heterocycles. The summed E-state index contributed by atoms with van der Waals surface area (Å²) in [5.41, 5.74) is 1.85. The van der Waals surface area contributed by atoms with Crippen molar-refractivity contribution >= 4 is 21.7 Å². The van der Waals surface area contributed by atoms with E-state index in [-0.39, 0.29) is 29.1 Å². The zero-order valence-electron chi connectivity index (χ0n) is 20.5. The minimum absolute atomic E-state index is 0.0933. The Morgan fingerprint density at radius 3 is 2.68 bits per heavy atom. The normalized spacial score (nSPS) is 15.6. The van der Waals surface area contributed by atoms with Gasteiger partial charge in [-0.3, -0.25) is 4.72 Å². The molecule has 3 heterocycles. The Morgan fingerprint density at radius 2 is 1.89 bits per heavy atom. The summed E-state index contributed by atoms with van der Waals surface area (Å²) in [6.07, 6.45) is 5.29. The first-order valence-electron chi connectivity index (χ1n) is 12.2.